The van der Waals surface area contributed by atoms with Crippen LogP contribution in [0.25, 0.3) is 17.1 Å². The van der Waals surface area contributed by atoms with Gasteiger partial charge in [-0.25, -0.2) is 0 Å². The first-order valence-electron chi connectivity index (χ1n) is 9.55. The molecule has 3 heterocycles. The molecule has 0 aliphatic carbocycles. The lowest BCUT2D eigenvalue weighted by Crippen LogP contribution is -2.31. The first kappa shape index (κ1) is 18.1. The van der Waals surface area contributed by atoms with Gasteiger partial charge >= 0.3 is 6.01 Å². The Morgan fingerprint density at radius 3 is 2.50 bits per heavy atom. The predicted octanol–water partition coefficient (Wildman–Crippen LogP) is 2.97. The number of aromatic amines is 1. The van der Waals surface area contributed by atoms with Crippen LogP contribution >= 0.6 is 0 Å². The minimum atomic E-state index is -0.854. The topological polar surface area (TPSA) is 101 Å². The third-order valence-corrected chi connectivity index (χ3v) is 5.38. The zero-order chi connectivity index (χ0) is 21.0. The average molecular weight is 402 g/mol. The summed E-state index contributed by atoms with van der Waals surface area (Å²) in [4.78, 5) is 44.4. The molecule has 30 heavy (non-hydrogen) atoms. The number of para-hydroxylation sites is 2. The van der Waals surface area contributed by atoms with E-state index in [1.54, 1.807) is 31.2 Å². The fourth-order valence-corrected chi connectivity index (χ4v) is 3.88. The van der Waals surface area contributed by atoms with Gasteiger partial charge in [0.05, 0.1) is 17.2 Å². The molecular formula is C22H18N4O4. The second-order valence-corrected chi connectivity index (χ2v) is 7.41. The Morgan fingerprint density at radius 1 is 1.03 bits per heavy atom. The molecule has 1 fully saturated rings. The summed E-state index contributed by atoms with van der Waals surface area (Å²) in [7, 11) is 0. The van der Waals surface area contributed by atoms with E-state index in [1.807, 2.05) is 31.2 Å². The van der Waals surface area contributed by atoms with Crippen LogP contribution in [0.4, 0.5) is 5.69 Å². The minimum absolute atomic E-state index is 0.0613. The number of nitrogens with one attached hydrogen (secondary N) is 1. The molecule has 1 aliphatic rings. The van der Waals surface area contributed by atoms with Crippen LogP contribution in [-0.2, 0) is 9.59 Å². The number of carbonyl (C=O) groups is 2. The number of H-pyrrole nitrogens is 1. The molecule has 1 aliphatic heterocycles. The quantitative estimate of drug-likeness (QED) is 0.531. The normalized spacial score (nSPS) is 16.7. The van der Waals surface area contributed by atoms with E-state index in [2.05, 4.69) is 10.1 Å². The number of rotatable bonds is 3. The molecule has 1 saturated heterocycles. The molecule has 2 aromatic heterocycles. The molecule has 2 amide bonds. The van der Waals surface area contributed by atoms with Crippen LogP contribution in [0.1, 0.15) is 29.2 Å². The number of nitrogens with zero attached hydrogens (tertiary/aromatic N) is 3. The van der Waals surface area contributed by atoms with Crippen molar-refractivity contribution in [2.24, 2.45) is 0 Å². The number of amides is 2. The van der Waals surface area contributed by atoms with Gasteiger partial charge in [0.2, 0.25) is 11.8 Å². The number of carbonyl (C=O) groups excluding carboxylic acids is 2. The summed E-state index contributed by atoms with van der Waals surface area (Å²) in [6.45, 7) is 3.63. The minimum Gasteiger partial charge on any atom is -0.422 e. The third kappa shape index (κ3) is 2.68. The Labute approximate surface area is 170 Å². The maximum atomic E-state index is 13.1. The van der Waals surface area contributed by atoms with Crippen LogP contribution in [0.5, 0.6) is 0 Å². The molecule has 5 rings (SSSR count). The van der Waals surface area contributed by atoms with Crippen molar-refractivity contribution in [3.05, 3.63) is 75.7 Å². The van der Waals surface area contributed by atoms with E-state index in [4.69, 9.17) is 4.42 Å². The van der Waals surface area contributed by atoms with Crippen LogP contribution in [0.3, 0.4) is 0 Å². The molecule has 1 N–H and O–H groups in total. The number of hydrogen-bond donors (Lipinski definition) is 1. The smallest absolute Gasteiger partial charge is 0.325 e. The number of benzene rings is 2. The fourth-order valence-electron chi connectivity index (χ4n) is 3.88. The Balaban J connectivity index is 1.55. The predicted molar refractivity (Wildman–Crippen MR) is 110 cm³/mol. The number of aromatic nitrogens is 3. The van der Waals surface area contributed by atoms with Crippen molar-refractivity contribution in [2.45, 2.75) is 26.2 Å². The van der Waals surface area contributed by atoms with Gasteiger partial charge in [0.25, 0.3) is 5.56 Å². The van der Waals surface area contributed by atoms with Gasteiger partial charge in [-0.1, -0.05) is 29.8 Å². The fraction of sp³-hybridized carbons (Fsp3) is 0.182. The molecule has 0 spiro atoms. The zero-order valence-corrected chi connectivity index (χ0v) is 16.4. The van der Waals surface area contributed by atoms with Gasteiger partial charge in [-0.3, -0.25) is 24.4 Å². The highest BCUT2D eigenvalue weighted by Gasteiger charge is 2.43. The Kier molecular flexibility index (Phi) is 3.95. The van der Waals surface area contributed by atoms with E-state index < -0.39 is 17.4 Å². The summed E-state index contributed by atoms with van der Waals surface area (Å²) in [5, 5.41) is 2.93. The monoisotopic (exact) mass is 402 g/mol. The number of anilines is 1. The van der Waals surface area contributed by atoms with E-state index in [0.29, 0.717) is 22.5 Å². The van der Waals surface area contributed by atoms with Gasteiger partial charge in [0.1, 0.15) is 5.52 Å². The molecular weight excluding hydrogens is 384 g/mol. The second kappa shape index (κ2) is 6.55. The SMILES string of the molecule is Cc1ccc(N2C(=O)CC(c3c(C)[nH]n(-c4nc5ccccc5o4)c3=O)C2=O)cc1. The maximum Gasteiger partial charge on any atom is 0.325 e. The van der Waals surface area contributed by atoms with Crippen molar-refractivity contribution < 1.29 is 14.0 Å². The van der Waals surface area contributed by atoms with Gasteiger partial charge in [-0.05, 0) is 38.1 Å². The van der Waals surface area contributed by atoms with Crippen molar-refractivity contribution >= 4 is 28.6 Å². The Morgan fingerprint density at radius 2 is 1.77 bits per heavy atom. The molecule has 0 radical (unpaired) electrons. The molecule has 2 aromatic carbocycles. The summed E-state index contributed by atoms with van der Waals surface area (Å²) < 4.78 is 6.85. The lowest BCUT2D eigenvalue weighted by atomic mass is 9.98. The molecule has 8 nitrogen and oxygen atoms in total. The summed E-state index contributed by atoms with van der Waals surface area (Å²) in [6, 6.07) is 14.4. The molecule has 0 bridgehead atoms. The van der Waals surface area contributed by atoms with Gasteiger partial charge < -0.3 is 4.42 Å². The van der Waals surface area contributed by atoms with E-state index in [9.17, 15) is 14.4 Å². The first-order chi connectivity index (χ1) is 14.4. The highest BCUT2D eigenvalue weighted by molar-refractivity contribution is 6.22. The Hall–Kier alpha value is -3.94. The zero-order valence-electron chi connectivity index (χ0n) is 16.4. The van der Waals surface area contributed by atoms with E-state index in [0.717, 1.165) is 10.5 Å². The summed E-state index contributed by atoms with van der Waals surface area (Å²) in [5.41, 5.74) is 3.00. The molecule has 1 atom stereocenters. The highest BCUT2D eigenvalue weighted by Crippen LogP contribution is 2.33. The number of hydrogen-bond acceptors (Lipinski definition) is 5. The van der Waals surface area contributed by atoms with Crippen LogP contribution < -0.4 is 10.5 Å². The van der Waals surface area contributed by atoms with E-state index in [1.165, 1.54) is 4.68 Å². The lowest BCUT2D eigenvalue weighted by molar-refractivity contribution is -0.121. The van der Waals surface area contributed by atoms with Gasteiger partial charge in [0, 0.05) is 12.1 Å². The number of imide groups is 1. The lowest BCUT2D eigenvalue weighted by Gasteiger charge is -2.15. The first-order valence-corrected chi connectivity index (χ1v) is 9.55. The molecule has 8 heteroatoms. The van der Waals surface area contributed by atoms with Gasteiger partial charge in [-0.15, -0.1) is 0 Å². The summed E-state index contributed by atoms with van der Waals surface area (Å²) in [5.74, 6) is -1.59. The van der Waals surface area contributed by atoms with Gasteiger partial charge in [0.15, 0.2) is 5.58 Å². The van der Waals surface area contributed by atoms with Crippen LogP contribution in [0.2, 0.25) is 0 Å². The maximum absolute atomic E-state index is 13.1. The standard InChI is InChI=1S/C22H18N4O4/c1-12-7-9-14(10-8-12)25-18(27)11-15(20(25)28)19-13(2)24-26(21(19)29)22-23-16-5-3-4-6-17(16)30-22/h3-10,15,24H,11H2,1-2H3. The van der Waals surface area contributed by atoms with Crippen LogP contribution in [0.15, 0.2) is 57.7 Å². The van der Waals surface area contributed by atoms with Crippen molar-refractivity contribution in [1.29, 1.82) is 0 Å². The number of aryl methyl sites for hydroxylation is 2. The second-order valence-electron chi connectivity index (χ2n) is 7.41. The number of fused-ring (bicyclic) bond motifs is 1. The average Bonchev–Trinajstić information content (AvgIpc) is 3.36. The van der Waals surface area contributed by atoms with Crippen molar-refractivity contribution in [3.8, 4) is 6.01 Å². The van der Waals surface area contributed by atoms with E-state index in [-0.39, 0.29) is 23.9 Å². The Bertz CT molecular complexity index is 1330. The summed E-state index contributed by atoms with van der Waals surface area (Å²) in [6.07, 6.45) is -0.0613. The molecule has 0 saturated carbocycles. The number of oxazole rings is 1. The molecule has 1 unspecified atom stereocenters. The highest BCUT2D eigenvalue weighted by atomic mass is 16.4. The summed E-state index contributed by atoms with van der Waals surface area (Å²) >= 11 is 0. The van der Waals surface area contributed by atoms with Crippen LogP contribution in [0, 0.1) is 13.8 Å². The molecule has 4 aromatic rings. The van der Waals surface area contributed by atoms with Gasteiger partial charge in [-0.2, -0.15) is 9.67 Å². The molecule has 150 valence electrons. The van der Waals surface area contributed by atoms with Crippen molar-refractivity contribution in [3.63, 3.8) is 0 Å². The van der Waals surface area contributed by atoms with Crippen molar-refractivity contribution in [1.82, 2.24) is 14.8 Å². The third-order valence-electron chi connectivity index (χ3n) is 5.38. The largest absolute Gasteiger partial charge is 0.422 e. The van der Waals surface area contributed by atoms with Crippen LogP contribution in [-0.4, -0.2) is 26.6 Å². The van der Waals surface area contributed by atoms with E-state index >= 15 is 0 Å². The van der Waals surface area contributed by atoms with Crippen molar-refractivity contribution in [2.75, 3.05) is 4.90 Å².